The lowest BCUT2D eigenvalue weighted by Crippen LogP contribution is -2.46. The molecule has 4 rings (SSSR count). The summed E-state index contributed by atoms with van der Waals surface area (Å²) in [5, 5.41) is 1.97. The van der Waals surface area contributed by atoms with E-state index in [9.17, 15) is 18.0 Å². The zero-order valence-corrected chi connectivity index (χ0v) is 15.8. The Morgan fingerprint density at radius 3 is 2.48 bits per heavy atom. The second-order valence-electron chi connectivity index (χ2n) is 8.11. The first-order valence-electron chi connectivity index (χ1n) is 9.70. The van der Waals surface area contributed by atoms with Crippen LogP contribution in [0.2, 0.25) is 0 Å². The number of halogens is 4. The van der Waals surface area contributed by atoms with Crippen molar-refractivity contribution < 1.29 is 22.4 Å². The molecule has 1 aliphatic carbocycles. The molecule has 0 radical (unpaired) electrons. The molecule has 1 saturated carbocycles. The molecule has 1 spiro atoms. The monoisotopic (exact) mass is 406 g/mol. The van der Waals surface area contributed by atoms with E-state index in [1.165, 1.54) is 4.90 Å². The number of urea groups is 1. The van der Waals surface area contributed by atoms with Crippen molar-refractivity contribution in [2.75, 3.05) is 13.1 Å². The van der Waals surface area contributed by atoms with Crippen molar-refractivity contribution in [1.82, 2.24) is 10.2 Å². The molecule has 2 aromatic carbocycles. The average molecular weight is 406 g/mol. The first-order chi connectivity index (χ1) is 13.8. The molecule has 0 bridgehead atoms. The number of carbonyl (C=O) groups excluding carboxylic acids is 1. The Morgan fingerprint density at radius 2 is 1.83 bits per heavy atom. The number of likely N-dealkylation sites (tertiary alicyclic amines) is 1. The molecule has 1 heterocycles. The largest absolute Gasteiger partial charge is 0.405 e. The number of alkyl halides is 3. The van der Waals surface area contributed by atoms with Gasteiger partial charge in [0.2, 0.25) is 0 Å². The maximum Gasteiger partial charge on any atom is 0.405 e. The molecule has 2 amide bonds. The smallest absolute Gasteiger partial charge is 0.329 e. The molecule has 154 valence electrons. The number of amides is 2. The number of nitrogens with one attached hydrogen (secondary N) is 1. The number of hydrogen-bond acceptors (Lipinski definition) is 1. The molecule has 3 nitrogen and oxygen atoms in total. The van der Waals surface area contributed by atoms with E-state index in [0.717, 1.165) is 18.4 Å². The quantitative estimate of drug-likeness (QED) is 0.699. The Balaban J connectivity index is 1.54. The van der Waals surface area contributed by atoms with Crippen molar-refractivity contribution in [2.24, 2.45) is 5.41 Å². The molecule has 29 heavy (non-hydrogen) atoms. The topological polar surface area (TPSA) is 32.3 Å². The van der Waals surface area contributed by atoms with E-state index in [1.807, 2.05) is 35.6 Å². The predicted molar refractivity (Wildman–Crippen MR) is 102 cm³/mol. The fraction of sp³-hybridized carbons (Fsp3) is 0.409. The molecule has 0 aromatic heterocycles. The third kappa shape index (κ3) is 4.38. The molecule has 1 saturated heterocycles. The van der Waals surface area contributed by atoms with Gasteiger partial charge in [-0.2, -0.15) is 13.2 Å². The first-order valence-corrected chi connectivity index (χ1v) is 9.70. The number of nitrogens with zero attached hydrogens (tertiary/aromatic N) is 1. The molecular formula is C22H22F4N2O. The number of rotatable bonds is 4. The van der Waals surface area contributed by atoms with Crippen molar-refractivity contribution in [3.63, 3.8) is 0 Å². The van der Waals surface area contributed by atoms with Crippen LogP contribution < -0.4 is 5.32 Å². The predicted octanol–water partition coefficient (Wildman–Crippen LogP) is 5.16. The summed E-state index contributed by atoms with van der Waals surface area (Å²) in [4.78, 5) is 13.9. The summed E-state index contributed by atoms with van der Waals surface area (Å²) >= 11 is 0. The highest BCUT2D eigenvalue weighted by molar-refractivity contribution is 5.75. The maximum atomic E-state index is 15.2. The Kier molecular flexibility index (Phi) is 5.00. The Labute approximate surface area is 166 Å². The summed E-state index contributed by atoms with van der Waals surface area (Å²) in [5.74, 6) is -0.342. The summed E-state index contributed by atoms with van der Waals surface area (Å²) in [6.45, 7) is -0.929. The molecule has 0 unspecified atom stereocenters. The highest BCUT2D eigenvalue weighted by Crippen LogP contribution is 2.55. The SMILES string of the molecule is O=C(NCC(F)(F)F)N1CC2(CC2)C[C@@H]1Cc1cccc(-c2ccccc2)c1F. The standard InChI is InChI=1S/C22H22F4N2O/c23-19-16(7-4-8-18(19)15-5-2-1-3-6-15)11-17-12-21(9-10-21)14-28(17)20(29)27-13-22(24,25)26/h1-8,17H,9-14H2,(H,27,29)/t17-/m0/s1. The van der Waals surface area contributed by atoms with Gasteiger partial charge in [0, 0.05) is 18.2 Å². The third-order valence-corrected chi connectivity index (χ3v) is 5.89. The lowest BCUT2D eigenvalue weighted by molar-refractivity contribution is -0.123. The summed E-state index contributed by atoms with van der Waals surface area (Å²) < 4.78 is 52.6. The normalized spacial score (nSPS) is 20.1. The highest BCUT2D eigenvalue weighted by Gasteiger charge is 2.53. The van der Waals surface area contributed by atoms with Gasteiger partial charge in [0.15, 0.2) is 0 Å². The molecule has 2 fully saturated rings. The van der Waals surface area contributed by atoms with Crippen LogP contribution in [0, 0.1) is 11.2 Å². The Hall–Kier alpha value is -2.57. The van der Waals surface area contributed by atoms with Crippen molar-refractivity contribution in [1.29, 1.82) is 0 Å². The lowest BCUT2D eigenvalue weighted by atomic mass is 9.95. The molecule has 1 N–H and O–H groups in total. The number of hydrogen-bond donors (Lipinski definition) is 1. The number of benzene rings is 2. The molecule has 2 aromatic rings. The van der Waals surface area contributed by atoms with Gasteiger partial charge in [-0.25, -0.2) is 9.18 Å². The van der Waals surface area contributed by atoms with Gasteiger partial charge in [0.1, 0.15) is 12.4 Å². The van der Waals surface area contributed by atoms with E-state index < -0.39 is 18.8 Å². The summed E-state index contributed by atoms with van der Waals surface area (Å²) in [6, 6.07) is 13.3. The van der Waals surface area contributed by atoms with Crippen LogP contribution in [0.1, 0.15) is 24.8 Å². The summed E-state index contributed by atoms with van der Waals surface area (Å²) in [5.41, 5.74) is 1.71. The molecule has 7 heteroatoms. The van der Waals surface area contributed by atoms with Crippen LogP contribution in [0.3, 0.4) is 0 Å². The van der Waals surface area contributed by atoms with Crippen molar-refractivity contribution in [2.45, 2.75) is 37.9 Å². The lowest BCUT2D eigenvalue weighted by Gasteiger charge is -2.25. The van der Waals surface area contributed by atoms with Gasteiger partial charge in [-0.05, 0) is 42.2 Å². The van der Waals surface area contributed by atoms with E-state index in [4.69, 9.17) is 0 Å². The number of carbonyl (C=O) groups is 1. The van der Waals surface area contributed by atoms with Crippen LogP contribution in [-0.4, -0.2) is 36.2 Å². The van der Waals surface area contributed by atoms with Crippen LogP contribution in [0.4, 0.5) is 22.4 Å². The van der Waals surface area contributed by atoms with Crippen LogP contribution in [0.25, 0.3) is 11.1 Å². The summed E-state index contributed by atoms with van der Waals surface area (Å²) in [6.07, 6.45) is -1.56. The van der Waals surface area contributed by atoms with Gasteiger partial charge < -0.3 is 10.2 Å². The second kappa shape index (κ2) is 7.35. The fourth-order valence-electron chi connectivity index (χ4n) is 4.23. The molecule has 1 atom stereocenters. The van der Waals surface area contributed by atoms with Crippen molar-refractivity contribution in [3.05, 3.63) is 59.9 Å². The zero-order valence-electron chi connectivity index (χ0n) is 15.8. The van der Waals surface area contributed by atoms with Crippen LogP contribution in [-0.2, 0) is 6.42 Å². The van der Waals surface area contributed by atoms with E-state index in [1.54, 1.807) is 18.2 Å². The second-order valence-corrected chi connectivity index (χ2v) is 8.11. The minimum Gasteiger partial charge on any atom is -0.329 e. The van der Waals surface area contributed by atoms with Crippen LogP contribution >= 0.6 is 0 Å². The van der Waals surface area contributed by atoms with Gasteiger partial charge in [0.25, 0.3) is 0 Å². The van der Waals surface area contributed by atoms with Crippen LogP contribution in [0.15, 0.2) is 48.5 Å². The van der Waals surface area contributed by atoms with Gasteiger partial charge in [-0.15, -0.1) is 0 Å². The zero-order chi connectivity index (χ0) is 20.6. The Morgan fingerprint density at radius 1 is 1.10 bits per heavy atom. The van der Waals surface area contributed by atoms with Gasteiger partial charge in [-0.1, -0.05) is 48.5 Å². The van der Waals surface area contributed by atoms with Gasteiger partial charge >= 0.3 is 12.2 Å². The maximum absolute atomic E-state index is 15.2. The average Bonchev–Trinajstić information content (AvgIpc) is 3.34. The van der Waals surface area contributed by atoms with Gasteiger partial charge in [-0.3, -0.25) is 0 Å². The molecule has 1 aliphatic heterocycles. The van der Waals surface area contributed by atoms with Gasteiger partial charge in [0.05, 0.1) is 0 Å². The minimum absolute atomic E-state index is 0.00619. The van der Waals surface area contributed by atoms with E-state index in [-0.39, 0.29) is 23.7 Å². The third-order valence-electron chi connectivity index (χ3n) is 5.89. The van der Waals surface area contributed by atoms with E-state index in [0.29, 0.717) is 24.1 Å². The Bertz CT molecular complexity index is 893. The first kappa shape index (κ1) is 19.7. The molecule has 2 aliphatic rings. The summed E-state index contributed by atoms with van der Waals surface area (Å²) in [7, 11) is 0. The minimum atomic E-state index is -4.46. The van der Waals surface area contributed by atoms with E-state index >= 15 is 4.39 Å². The molecular weight excluding hydrogens is 384 g/mol. The fourth-order valence-corrected chi connectivity index (χ4v) is 4.23. The van der Waals surface area contributed by atoms with Crippen molar-refractivity contribution >= 4 is 6.03 Å². The van der Waals surface area contributed by atoms with Crippen LogP contribution in [0.5, 0.6) is 0 Å². The highest BCUT2D eigenvalue weighted by atomic mass is 19.4. The van der Waals surface area contributed by atoms with Crippen molar-refractivity contribution in [3.8, 4) is 11.1 Å². The van der Waals surface area contributed by atoms with E-state index in [2.05, 4.69) is 0 Å².